The molecule has 0 atom stereocenters. The summed E-state index contributed by atoms with van der Waals surface area (Å²) in [7, 11) is 0. The van der Waals surface area contributed by atoms with Gasteiger partial charge in [0.25, 0.3) is 0 Å². The summed E-state index contributed by atoms with van der Waals surface area (Å²) in [4.78, 5) is 0. The van der Waals surface area contributed by atoms with Crippen LogP contribution in [0, 0.1) is 0 Å². The van der Waals surface area contributed by atoms with Crippen molar-refractivity contribution >= 4 is 5.76 Å². The van der Waals surface area contributed by atoms with Crippen molar-refractivity contribution in [2.24, 2.45) is 0 Å². The van der Waals surface area contributed by atoms with E-state index in [2.05, 4.69) is 25.7 Å². The molecule has 0 spiro atoms. The summed E-state index contributed by atoms with van der Waals surface area (Å²) >= 11 is 0. The van der Waals surface area contributed by atoms with Crippen LogP contribution in [0.25, 0.3) is 5.76 Å². The lowest BCUT2D eigenvalue weighted by molar-refractivity contribution is 0.297. The maximum Gasteiger partial charge on any atom is 0.128 e. The molecule has 0 aliphatic carbocycles. The molecular formula is C12H19NO2. The molecule has 1 aromatic rings. The van der Waals surface area contributed by atoms with Gasteiger partial charge in [-0.05, 0) is 13.0 Å². The summed E-state index contributed by atoms with van der Waals surface area (Å²) in [6, 6.07) is 2.32. The Hall–Kier alpha value is -1.22. The van der Waals surface area contributed by atoms with Crippen molar-refractivity contribution in [2.75, 3.05) is 6.61 Å². The minimum atomic E-state index is 0.434. The second-order valence-corrected chi connectivity index (χ2v) is 3.65. The van der Waals surface area contributed by atoms with Crippen molar-refractivity contribution in [3.05, 3.63) is 30.2 Å². The lowest BCUT2D eigenvalue weighted by Crippen LogP contribution is -2.22. The maximum absolute atomic E-state index is 5.38. The average molecular weight is 209 g/mol. The molecule has 1 N–H and O–H groups in total. The molecule has 0 aliphatic rings. The zero-order valence-corrected chi connectivity index (χ0v) is 9.67. The lowest BCUT2D eigenvalue weighted by atomic mass is 10.2. The van der Waals surface area contributed by atoms with Gasteiger partial charge < -0.3 is 14.5 Å². The second kappa shape index (κ2) is 5.61. The molecule has 0 saturated heterocycles. The predicted molar refractivity (Wildman–Crippen MR) is 61.3 cm³/mol. The average Bonchev–Trinajstić information content (AvgIpc) is 2.62. The normalized spacial score (nSPS) is 10.7. The zero-order valence-electron chi connectivity index (χ0n) is 9.67. The molecule has 15 heavy (non-hydrogen) atoms. The topological polar surface area (TPSA) is 34.4 Å². The molecule has 1 aromatic heterocycles. The van der Waals surface area contributed by atoms with E-state index in [1.807, 2.05) is 13.0 Å². The summed E-state index contributed by atoms with van der Waals surface area (Å²) in [5, 5.41) is 3.29. The van der Waals surface area contributed by atoms with E-state index < -0.39 is 0 Å². The van der Waals surface area contributed by atoms with E-state index in [-0.39, 0.29) is 0 Å². The molecule has 0 bridgehead atoms. The van der Waals surface area contributed by atoms with Gasteiger partial charge >= 0.3 is 0 Å². The number of rotatable bonds is 6. The smallest absolute Gasteiger partial charge is 0.128 e. The van der Waals surface area contributed by atoms with E-state index in [9.17, 15) is 0 Å². The number of furan rings is 1. The molecule has 0 amide bonds. The molecule has 1 heterocycles. The largest absolute Gasteiger partial charge is 0.494 e. The molecule has 3 heteroatoms. The quantitative estimate of drug-likeness (QED) is 0.731. The van der Waals surface area contributed by atoms with E-state index in [4.69, 9.17) is 9.15 Å². The van der Waals surface area contributed by atoms with Gasteiger partial charge in [0, 0.05) is 6.04 Å². The van der Waals surface area contributed by atoms with Gasteiger partial charge in [-0.2, -0.15) is 0 Å². The minimum Gasteiger partial charge on any atom is -0.494 e. The van der Waals surface area contributed by atoms with E-state index >= 15 is 0 Å². The number of ether oxygens (including phenoxy) is 1. The molecular weight excluding hydrogens is 190 g/mol. The van der Waals surface area contributed by atoms with Crippen LogP contribution < -0.4 is 5.32 Å². The highest BCUT2D eigenvalue weighted by Gasteiger charge is 2.10. The molecule has 1 rings (SSSR count). The molecule has 0 radical (unpaired) electrons. The summed E-state index contributed by atoms with van der Waals surface area (Å²) in [6.45, 7) is 11.3. The Morgan fingerprint density at radius 1 is 1.60 bits per heavy atom. The summed E-state index contributed by atoms with van der Waals surface area (Å²) < 4.78 is 10.7. The van der Waals surface area contributed by atoms with Gasteiger partial charge in [-0.1, -0.05) is 20.4 Å². The van der Waals surface area contributed by atoms with Gasteiger partial charge in [0.15, 0.2) is 0 Å². The van der Waals surface area contributed by atoms with E-state index in [1.165, 1.54) is 0 Å². The van der Waals surface area contributed by atoms with Crippen LogP contribution in [0.3, 0.4) is 0 Å². The third-order valence-corrected chi connectivity index (χ3v) is 2.04. The van der Waals surface area contributed by atoms with Crippen LogP contribution in [-0.4, -0.2) is 12.6 Å². The van der Waals surface area contributed by atoms with Crippen molar-refractivity contribution in [3.8, 4) is 0 Å². The first-order chi connectivity index (χ1) is 7.15. The predicted octanol–water partition coefficient (Wildman–Crippen LogP) is 2.78. The Balaban J connectivity index is 2.64. The monoisotopic (exact) mass is 209 g/mol. The first-order valence-electron chi connectivity index (χ1n) is 5.27. The van der Waals surface area contributed by atoms with E-state index in [0.717, 1.165) is 11.3 Å². The molecule has 0 aromatic carbocycles. The fourth-order valence-corrected chi connectivity index (χ4v) is 1.27. The molecule has 0 unspecified atom stereocenters. The first kappa shape index (κ1) is 11.9. The lowest BCUT2D eigenvalue weighted by Gasteiger charge is -2.09. The van der Waals surface area contributed by atoms with Crippen LogP contribution in [-0.2, 0) is 11.3 Å². The van der Waals surface area contributed by atoms with Crippen LogP contribution in [0.15, 0.2) is 23.3 Å². The van der Waals surface area contributed by atoms with Crippen molar-refractivity contribution < 1.29 is 9.15 Å². The second-order valence-electron chi connectivity index (χ2n) is 3.65. The van der Waals surface area contributed by atoms with E-state index in [0.29, 0.717) is 25.0 Å². The maximum atomic E-state index is 5.38. The highest BCUT2D eigenvalue weighted by atomic mass is 16.5. The fraction of sp³-hybridized carbons (Fsp3) is 0.500. The van der Waals surface area contributed by atoms with Crippen molar-refractivity contribution in [1.29, 1.82) is 0 Å². The molecule has 3 nitrogen and oxygen atoms in total. The molecule has 84 valence electrons. The Kier molecular flexibility index (Phi) is 4.43. The van der Waals surface area contributed by atoms with Crippen LogP contribution in [0.1, 0.15) is 32.1 Å². The van der Waals surface area contributed by atoms with E-state index in [1.54, 1.807) is 6.26 Å². The van der Waals surface area contributed by atoms with Crippen LogP contribution in [0.5, 0.6) is 0 Å². The summed E-state index contributed by atoms with van der Waals surface area (Å²) in [5.41, 5.74) is 0.949. The van der Waals surface area contributed by atoms with Crippen molar-refractivity contribution in [2.45, 2.75) is 33.4 Å². The molecule has 0 aliphatic heterocycles. The summed E-state index contributed by atoms with van der Waals surface area (Å²) in [6.07, 6.45) is 1.66. The Morgan fingerprint density at radius 3 is 2.93 bits per heavy atom. The Morgan fingerprint density at radius 2 is 2.33 bits per heavy atom. The van der Waals surface area contributed by atoms with Gasteiger partial charge in [0.2, 0.25) is 0 Å². The minimum absolute atomic E-state index is 0.434. The zero-order chi connectivity index (χ0) is 11.3. The standard InChI is InChI=1S/C12H19NO2/c1-5-14-10(4)11-6-7-15-12(11)8-13-9(2)3/h6-7,9,13H,4-5,8H2,1-3H3. The van der Waals surface area contributed by atoms with Crippen molar-refractivity contribution in [3.63, 3.8) is 0 Å². The van der Waals surface area contributed by atoms with Gasteiger partial charge in [0.1, 0.15) is 11.5 Å². The third-order valence-electron chi connectivity index (χ3n) is 2.04. The van der Waals surface area contributed by atoms with Gasteiger partial charge in [-0.15, -0.1) is 0 Å². The Bertz CT molecular complexity index is 315. The SMILES string of the molecule is C=C(OCC)c1ccoc1CNC(C)C. The molecule has 0 fully saturated rings. The van der Waals surface area contributed by atoms with Gasteiger partial charge in [-0.25, -0.2) is 0 Å². The highest BCUT2D eigenvalue weighted by molar-refractivity contribution is 5.58. The van der Waals surface area contributed by atoms with Gasteiger partial charge in [-0.3, -0.25) is 0 Å². The fourth-order valence-electron chi connectivity index (χ4n) is 1.27. The first-order valence-corrected chi connectivity index (χ1v) is 5.27. The number of hydrogen-bond acceptors (Lipinski definition) is 3. The molecule has 0 saturated carbocycles. The third kappa shape index (κ3) is 3.44. The number of nitrogens with one attached hydrogen (secondary N) is 1. The van der Waals surface area contributed by atoms with Crippen LogP contribution in [0.4, 0.5) is 0 Å². The van der Waals surface area contributed by atoms with Crippen molar-refractivity contribution in [1.82, 2.24) is 5.32 Å². The summed E-state index contributed by atoms with van der Waals surface area (Å²) in [5.74, 6) is 1.55. The number of hydrogen-bond donors (Lipinski definition) is 1. The van der Waals surface area contributed by atoms with Gasteiger partial charge in [0.05, 0.1) is 25.0 Å². The highest BCUT2D eigenvalue weighted by Crippen LogP contribution is 2.20. The van der Waals surface area contributed by atoms with Crippen LogP contribution in [0.2, 0.25) is 0 Å². The van der Waals surface area contributed by atoms with Crippen LogP contribution >= 0.6 is 0 Å². The Labute approximate surface area is 91.1 Å².